The lowest BCUT2D eigenvalue weighted by atomic mass is 10.1. The SMILES string of the molecule is O=C(O[C@H](C(=O)NNC(=O)c1ccco1)[C@@H](OC(=O)c1ccccc1)C(=O)O)c1ccccc1. The number of rotatable bonds is 8. The third kappa shape index (κ3) is 6.07. The topological polar surface area (TPSA) is 161 Å². The second-order valence-electron chi connectivity index (χ2n) is 6.64. The molecule has 1 aromatic heterocycles. The van der Waals surface area contributed by atoms with E-state index in [0.29, 0.717) is 0 Å². The van der Waals surface area contributed by atoms with Crippen molar-refractivity contribution < 1.29 is 43.0 Å². The Balaban J connectivity index is 1.82. The van der Waals surface area contributed by atoms with Gasteiger partial charge in [0.15, 0.2) is 5.76 Å². The van der Waals surface area contributed by atoms with Crippen LogP contribution in [0, 0.1) is 0 Å². The first-order valence-corrected chi connectivity index (χ1v) is 9.75. The van der Waals surface area contributed by atoms with Crippen molar-refractivity contribution >= 4 is 29.7 Å². The van der Waals surface area contributed by atoms with Crippen LogP contribution in [-0.2, 0) is 19.1 Å². The van der Waals surface area contributed by atoms with Crippen LogP contribution in [0.1, 0.15) is 31.3 Å². The minimum absolute atomic E-state index is 0.00779. The van der Waals surface area contributed by atoms with Gasteiger partial charge in [-0.3, -0.25) is 20.4 Å². The molecular weight excluding hydrogens is 448 g/mol. The van der Waals surface area contributed by atoms with Gasteiger partial charge in [0.1, 0.15) is 0 Å². The average molecular weight is 466 g/mol. The fraction of sp³-hybridized carbons (Fsp3) is 0.0870. The van der Waals surface area contributed by atoms with Gasteiger partial charge in [0.2, 0.25) is 12.2 Å². The summed E-state index contributed by atoms with van der Waals surface area (Å²) in [5.41, 5.74) is 3.97. The third-order valence-electron chi connectivity index (χ3n) is 4.31. The molecule has 2 aromatic carbocycles. The number of carbonyl (C=O) groups is 5. The zero-order valence-corrected chi connectivity index (χ0v) is 17.4. The molecule has 2 amide bonds. The second-order valence-corrected chi connectivity index (χ2v) is 6.64. The molecule has 0 bridgehead atoms. The number of esters is 2. The smallest absolute Gasteiger partial charge is 0.349 e. The Bertz CT molecular complexity index is 1160. The van der Waals surface area contributed by atoms with Gasteiger partial charge in [-0.25, -0.2) is 14.4 Å². The van der Waals surface area contributed by atoms with E-state index >= 15 is 0 Å². The number of benzene rings is 2. The molecule has 0 spiro atoms. The molecule has 0 saturated carbocycles. The lowest BCUT2D eigenvalue weighted by molar-refractivity contribution is -0.159. The Hall–Kier alpha value is -4.93. The van der Waals surface area contributed by atoms with E-state index in [1.54, 1.807) is 12.1 Å². The minimum atomic E-state index is -2.24. The summed E-state index contributed by atoms with van der Waals surface area (Å²) in [6.07, 6.45) is -3.17. The van der Waals surface area contributed by atoms with E-state index in [1.807, 2.05) is 10.9 Å². The molecule has 0 fully saturated rings. The summed E-state index contributed by atoms with van der Waals surface area (Å²) in [6.45, 7) is 0. The normalized spacial score (nSPS) is 12.0. The maximum absolute atomic E-state index is 12.8. The number of carbonyl (C=O) groups excluding carboxylic acids is 4. The van der Waals surface area contributed by atoms with Crippen LogP contribution in [0.5, 0.6) is 0 Å². The van der Waals surface area contributed by atoms with Crippen LogP contribution >= 0.6 is 0 Å². The van der Waals surface area contributed by atoms with Crippen LogP contribution in [0.15, 0.2) is 83.5 Å². The number of hydrogen-bond donors (Lipinski definition) is 3. The Morgan fingerprint density at radius 3 is 1.71 bits per heavy atom. The molecule has 2 atom stereocenters. The zero-order chi connectivity index (χ0) is 24.5. The summed E-state index contributed by atoms with van der Waals surface area (Å²) in [7, 11) is 0. The van der Waals surface area contributed by atoms with E-state index < -0.39 is 41.9 Å². The Morgan fingerprint density at radius 1 is 0.706 bits per heavy atom. The van der Waals surface area contributed by atoms with Crippen LogP contribution in [0.3, 0.4) is 0 Å². The monoisotopic (exact) mass is 466 g/mol. The van der Waals surface area contributed by atoms with Gasteiger partial charge in [-0.05, 0) is 36.4 Å². The predicted molar refractivity (Wildman–Crippen MR) is 113 cm³/mol. The molecule has 11 heteroatoms. The van der Waals surface area contributed by atoms with Crippen molar-refractivity contribution in [3.63, 3.8) is 0 Å². The predicted octanol–water partition coefficient (Wildman–Crippen LogP) is 1.58. The Kier molecular flexibility index (Phi) is 7.74. The number of carboxylic acid groups (broad SMARTS) is 1. The first-order valence-electron chi connectivity index (χ1n) is 9.75. The molecule has 34 heavy (non-hydrogen) atoms. The first kappa shape index (κ1) is 23.7. The number of hydrazine groups is 1. The highest BCUT2D eigenvalue weighted by Gasteiger charge is 2.41. The zero-order valence-electron chi connectivity index (χ0n) is 17.4. The number of nitrogens with one attached hydrogen (secondary N) is 2. The second kappa shape index (κ2) is 11.1. The molecule has 1 heterocycles. The number of carboxylic acids is 1. The third-order valence-corrected chi connectivity index (χ3v) is 4.31. The van der Waals surface area contributed by atoms with E-state index in [0.717, 1.165) is 0 Å². The Morgan fingerprint density at radius 2 is 1.24 bits per heavy atom. The maximum Gasteiger partial charge on any atom is 0.349 e. The van der Waals surface area contributed by atoms with Crippen molar-refractivity contribution in [2.24, 2.45) is 0 Å². The largest absolute Gasteiger partial charge is 0.478 e. The van der Waals surface area contributed by atoms with Crippen LogP contribution in [0.25, 0.3) is 0 Å². The highest BCUT2D eigenvalue weighted by Crippen LogP contribution is 2.13. The number of ether oxygens (including phenoxy) is 2. The van der Waals surface area contributed by atoms with Crippen molar-refractivity contribution in [2.75, 3.05) is 0 Å². The van der Waals surface area contributed by atoms with Crippen LogP contribution in [-0.4, -0.2) is 47.0 Å². The van der Waals surface area contributed by atoms with Crippen molar-refractivity contribution in [3.05, 3.63) is 95.9 Å². The van der Waals surface area contributed by atoms with Crippen LogP contribution in [0.4, 0.5) is 0 Å². The van der Waals surface area contributed by atoms with Gasteiger partial charge in [0.05, 0.1) is 17.4 Å². The Labute approximate surface area is 192 Å². The van der Waals surface area contributed by atoms with E-state index in [4.69, 9.17) is 13.9 Å². The van der Waals surface area contributed by atoms with E-state index in [2.05, 4.69) is 0 Å². The molecule has 174 valence electrons. The number of aliphatic carboxylic acids is 1. The van der Waals surface area contributed by atoms with Gasteiger partial charge >= 0.3 is 23.8 Å². The number of hydrogen-bond acceptors (Lipinski definition) is 8. The standard InChI is InChI=1S/C23H18N2O9/c26-19(16-12-7-13-32-16)24-25-20(27)17(33-22(30)14-8-3-1-4-9-14)18(21(28)29)34-23(31)15-10-5-2-6-11-15/h1-13,17-18H,(H,24,26)(H,25,27)(H,28,29)/t17-,18+/m0/s1. The van der Waals surface area contributed by atoms with Gasteiger partial charge in [0.25, 0.3) is 5.91 Å². The van der Waals surface area contributed by atoms with E-state index in [1.165, 1.54) is 66.9 Å². The molecule has 11 nitrogen and oxygen atoms in total. The molecule has 0 aliphatic rings. The summed E-state index contributed by atoms with van der Waals surface area (Å²) in [5, 5.41) is 9.65. The summed E-state index contributed by atoms with van der Waals surface area (Å²) < 4.78 is 15.0. The van der Waals surface area contributed by atoms with E-state index in [9.17, 15) is 29.1 Å². The van der Waals surface area contributed by atoms with Gasteiger partial charge in [0, 0.05) is 0 Å². The highest BCUT2D eigenvalue weighted by molar-refractivity contribution is 5.98. The summed E-state index contributed by atoms with van der Waals surface area (Å²) in [4.78, 5) is 61.6. The molecule has 0 saturated heterocycles. The molecule has 0 aliphatic heterocycles. The summed E-state index contributed by atoms with van der Waals surface area (Å²) >= 11 is 0. The molecular formula is C23H18N2O9. The molecule has 0 aliphatic carbocycles. The number of amides is 2. The van der Waals surface area contributed by atoms with Crippen molar-refractivity contribution in [1.29, 1.82) is 0 Å². The van der Waals surface area contributed by atoms with Crippen LogP contribution < -0.4 is 10.9 Å². The first-order chi connectivity index (χ1) is 16.4. The average Bonchev–Trinajstić information content (AvgIpc) is 3.40. The van der Waals surface area contributed by atoms with Crippen molar-refractivity contribution in [3.8, 4) is 0 Å². The van der Waals surface area contributed by atoms with Crippen molar-refractivity contribution in [1.82, 2.24) is 10.9 Å². The molecule has 3 aromatic rings. The van der Waals surface area contributed by atoms with Crippen molar-refractivity contribution in [2.45, 2.75) is 12.2 Å². The molecule has 0 unspecified atom stereocenters. The quantitative estimate of drug-likeness (QED) is 0.330. The molecule has 0 radical (unpaired) electrons. The van der Waals surface area contributed by atoms with Gasteiger partial charge in [-0.2, -0.15) is 0 Å². The van der Waals surface area contributed by atoms with E-state index in [-0.39, 0.29) is 16.9 Å². The lowest BCUT2D eigenvalue weighted by Crippen LogP contribution is -2.54. The lowest BCUT2D eigenvalue weighted by Gasteiger charge is -2.23. The molecule has 3 rings (SSSR count). The summed E-state index contributed by atoms with van der Waals surface area (Å²) in [5.74, 6) is -6.16. The van der Waals surface area contributed by atoms with Gasteiger partial charge in [-0.1, -0.05) is 36.4 Å². The fourth-order valence-electron chi connectivity index (χ4n) is 2.67. The van der Waals surface area contributed by atoms with Crippen LogP contribution in [0.2, 0.25) is 0 Å². The molecule has 3 N–H and O–H groups in total. The summed E-state index contributed by atoms with van der Waals surface area (Å²) in [6, 6.07) is 17.6. The number of furan rings is 1. The maximum atomic E-state index is 12.8. The minimum Gasteiger partial charge on any atom is -0.478 e. The fourth-order valence-corrected chi connectivity index (χ4v) is 2.67. The highest BCUT2D eigenvalue weighted by atomic mass is 16.6. The van der Waals surface area contributed by atoms with Gasteiger partial charge in [-0.15, -0.1) is 0 Å². The van der Waals surface area contributed by atoms with Gasteiger partial charge < -0.3 is 19.0 Å².